The molecule has 0 saturated heterocycles. The molecule has 0 radical (unpaired) electrons. The molecule has 0 fully saturated rings. The van der Waals surface area contributed by atoms with E-state index in [4.69, 9.17) is 4.74 Å². The molecule has 1 rings (SSSR count). The van der Waals surface area contributed by atoms with E-state index in [1.807, 2.05) is 39.8 Å². The Kier molecular flexibility index (Phi) is 6.19. The number of ether oxygens (including phenoxy) is 1. The molecular formula is C15H26N2O3S. The number of hydrogen-bond acceptors (Lipinski definition) is 4. The molecular weight excluding hydrogens is 288 g/mol. The lowest BCUT2D eigenvalue weighted by molar-refractivity contribution is 0.400. The standard InChI is InChI=1S/C15H26N2O3S/c1-11-10-14(12(2)13(3)15(11)20-6)21(18,19)16-8-7-9-17(4)5/h10,16H,7-9H2,1-6H3. The molecule has 0 amide bonds. The number of benzene rings is 1. The van der Waals surface area contributed by atoms with Gasteiger partial charge in [-0.3, -0.25) is 0 Å². The van der Waals surface area contributed by atoms with Gasteiger partial charge in [-0.25, -0.2) is 13.1 Å². The molecule has 0 spiro atoms. The molecule has 0 aliphatic rings. The molecule has 0 unspecified atom stereocenters. The zero-order valence-electron chi connectivity index (χ0n) is 13.8. The first kappa shape index (κ1) is 17.9. The highest BCUT2D eigenvalue weighted by Gasteiger charge is 2.20. The van der Waals surface area contributed by atoms with Crippen LogP contribution in [0.5, 0.6) is 5.75 Å². The average Bonchev–Trinajstić information content (AvgIpc) is 2.39. The maximum absolute atomic E-state index is 12.4. The summed E-state index contributed by atoms with van der Waals surface area (Å²) >= 11 is 0. The van der Waals surface area contributed by atoms with E-state index >= 15 is 0 Å². The number of aryl methyl sites for hydroxylation is 1. The van der Waals surface area contributed by atoms with Crippen LogP contribution in [0.1, 0.15) is 23.1 Å². The number of methoxy groups -OCH3 is 1. The Morgan fingerprint density at radius 2 is 1.81 bits per heavy atom. The van der Waals surface area contributed by atoms with Crippen molar-refractivity contribution in [2.45, 2.75) is 32.1 Å². The van der Waals surface area contributed by atoms with Gasteiger partial charge < -0.3 is 9.64 Å². The van der Waals surface area contributed by atoms with Crippen LogP contribution in [0.25, 0.3) is 0 Å². The second-order valence-electron chi connectivity index (χ2n) is 5.53. The van der Waals surface area contributed by atoms with E-state index in [1.54, 1.807) is 13.2 Å². The largest absolute Gasteiger partial charge is 0.496 e. The van der Waals surface area contributed by atoms with E-state index in [9.17, 15) is 8.42 Å². The van der Waals surface area contributed by atoms with Gasteiger partial charge in [0.15, 0.2) is 0 Å². The Labute approximate surface area is 128 Å². The van der Waals surface area contributed by atoms with Gasteiger partial charge in [-0.1, -0.05) is 0 Å². The van der Waals surface area contributed by atoms with Crippen LogP contribution in [0.4, 0.5) is 0 Å². The maximum Gasteiger partial charge on any atom is 0.240 e. The van der Waals surface area contributed by atoms with E-state index in [2.05, 4.69) is 4.72 Å². The van der Waals surface area contributed by atoms with Gasteiger partial charge in [0.2, 0.25) is 10.0 Å². The fourth-order valence-electron chi connectivity index (χ4n) is 2.29. The summed E-state index contributed by atoms with van der Waals surface area (Å²) in [6.07, 6.45) is 0.777. The van der Waals surface area contributed by atoms with Crippen LogP contribution in [-0.2, 0) is 10.0 Å². The highest BCUT2D eigenvalue weighted by molar-refractivity contribution is 7.89. The van der Waals surface area contributed by atoms with E-state index in [-0.39, 0.29) is 0 Å². The van der Waals surface area contributed by atoms with Crippen molar-refractivity contribution in [3.63, 3.8) is 0 Å². The fraction of sp³-hybridized carbons (Fsp3) is 0.600. The van der Waals surface area contributed by atoms with Crippen LogP contribution in [-0.4, -0.2) is 47.6 Å². The predicted molar refractivity (Wildman–Crippen MR) is 85.6 cm³/mol. The Morgan fingerprint density at radius 3 is 2.33 bits per heavy atom. The second kappa shape index (κ2) is 7.24. The first-order valence-electron chi connectivity index (χ1n) is 7.00. The molecule has 21 heavy (non-hydrogen) atoms. The van der Waals surface area contributed by atoms with Gasteiger partial charge in [-0.2, -0.15) is 0 Å². The van der Waals surface area contributed by atoms with Crippen LogP contribution in [0.3, 0.4) is 0 Å². The van der Waals surface area contributed by atoms with E-state index in [0.29, 0.717) is 11.4 Å². The Hall–Kier alpha value is -1.11. The van der Waals surface area contributed by atoms with Crippen LogP contribution in [0.2, 0.25) is 0 Å². The van der Waals surface area contributed by atoms with Crippen molar-refractivity contribution in [1.29, 1.82) is 0 Å². The third-order valence-electron chi connectivity index (χ3n) is 3.55. The lowest BCUT2D eigenvalue weighted by atomic mass is 10.1. The van der Waals surface area contributed by atoms with Crippen molar-refractivity contribution in [1.82, 2.24) is 9.62 Å². The second-order valence-corrected chi connectivity index (χ2v) is 7.26. The predicted octanol–water partition coefficient (Wildman–Crippen LogP) is 1.85. The van der Waals surface area contributed by atoms with Crippen molar-refractivity contribution in [3.05, 3.63) is 22.8 Å². The zero-order chi connectivity index (χ0) is 16.2. The fourth-order valence-corrected chi connectivity index (χ4v) is 3.75. The molecule has 120 valence electrons. The highest BCUT2D eigenvalue weighted by Crippen LogP contribution is 2.30. The third kappa shape index (κ3) is 4.43. The topological polar surface area (TPSA) is 58.6 Å². The summed E-state index contributed by atoms with van der Waals surface area (Å²) in [5.74, 6) is 0.749. The van der Waals surface area contributed by atoms with Gasteiger partial charge >= 0.3 is 0 Å². The molecule has 0 aliphatic carbocycles. The SMILES string of the molecule is COc1c(C)cc(S(=O)(=O)NCCCN(C)C)c(C)c1C. The molecule has 1 aromatic rings. The van der Waals surface area contributed by atoms with Gasteiger partial charge in [0, 0.05) is 6.54 Å². The molecule has 0 heterocycles. The molecule has 0 aromatic heterocycles. The number of sulfonamides is 1. The molecule has 0 saturated carbocycles. The van der Waals surface area contributed by atoms with Crippen LogP contribution in [0, 0.1) is 20.8 Å². The lowest BCUT2D eigenvalue weighted by Gasteiger charge is -2.16. The summed E-state index contributed by atoms with van der Waals surface area (Å²) < 4.78 is 32.9. The number of nitrogens with zero attached hydrogens (tertiary/aromatic N) is 1. The summed E-state index contributed by atoms with van der Waals surface area (Å²) in [5.41, 5.74) is 2.43. The Balaban J connectivity index is 2.99. The molecule has 6 heteroatoms. The number of nitrogens with one attached hydrogen (secondary N) is 1. The van der Waals surface area contributed by atoms with E-state index in [1.165, 1.54) is 0 Å². The third-order valence-corrected chi connectivity index (χ3v) is 5.13. The van der Waals surface area contributed by atoms with E-state index in [0.717, 1.165) is 35.4 Å². The van der Waals surface area contributed by atoms with Crippen molar-refractivity contribution in [2.24, 2.45) is 0 Å². The van der Waals surface area contributed by atoms with Crippen molar-refractivity contribution in [3.8, 4) is 5.75 Å². The van der Waals surface area contributed by atoms with E-state index < -0.39 is 10.0 Å². The number of hydrogen-bond donors (Lipinski definition) is 1. The van der Waals surface area contributed by atoms with Gasteiger partial charge in [0.05, 0.1) is 12.0 Å². The average molecular weight is 314 g/mol. The molecule has 1 N–H and O–H groups in total. The normalized spacial score (nSPS) is 12.0. The molecule has 0 bridgehead atoms. The maximum atomic E-state index is 12.4. The van der Waals surface area contributed by atoms with Crippen molar-refractivity contribution in [2.75, 3.05) is 34.3 Å². The lowest BCUT2D eigenvalue weighted by Crippen LogP contribution is -2.28. The van der Waals surface area contributed by atoms with Gasteiger partial charge in [-0.05, 0) is 70.6 Å². The van der Waals surface area contributed by atoms with Gasteiger partial charge in [0.25, 0.3) is 0 Å². The zero-order valence-corrected chi connectivity index (χ0v) is 14.6. The molecule has 0 aliphatic heterocycles. The summed E-state index contributed by atoms with van der Waals surface area (Å²) in [6.45, 7) is 6.83. The van der Waals surface area contributed by atoms with Gasteiger partial charge in [0.1, 0.15) is 5.75 Å². The van der Waals surface area contributed by atoms with Crippen molar-refractivity contribution >= 4 is 10.0 Å². The molecule has 1 aromatic carbocycles. The van der Waals surface area contributed by atoms with Gasteiger partial charge in [-0.15, -0.1) is 0 Å². The summed E-state index contributed by atoms with van der Waals surface area (Å²) in [7, 11) is 2.05. The highest BCUT2D eigenvalue weighted by atomic mass is 32.2. The molecule has 5 nitrogen and oxygen atoms in total. The summed E-state index contributed by atoms with van der Waals surface area (Å²) in [4.78, 5) is 2.37. The van der Waals surface area contributed by atoms with Crippen LogP contribution >= 0.6 is 0 Å². The monoisotopic (exact) mass is 314 g/mol. The van der Waals surface area contributed by atoms with Crippen molar-refractivity contribution < 1.29 is 13.2 Å². The minimum Gasteiger partial charge on any atom is -0.496 e. The van der Waals surface area contributed by atoms with Crippen LogP contribution in [0.15, 0.2) is 11.0 Å². The minimum absolute atomic E-state index is 0.336. The summed E-state index contributed by atoms with van der Waals surface area (Å²) in [6, 6.07) is 1.68. The Morgan fingerprint density at radius 1 is 1.19 bits per heavy atom. The Bertz CT molecular complexity index is 595. The minimum atomic E-state index is -3.48. The van der Waals surface area contributed by atoms with Crippen LogP contribution < -0.4 is 9.46 Å². The smallest absolute Gasteiger partial charge is 0.240 e. The first-order chi connectivity index (χ1) is 9.70. The summed E-state index contributed by atoms with van der Waals surface area (Å²) in [5, 5.41) is 0. The molecule has 0 atom stereocenters. The quantitative estimate of drug-likeness (QED) is 0.780. The number of rotatable bonds is 7. The first-order valence-corrected chi connectivity index (χ1v) is 8.48.